The monoisotopic (exact) mass is 486 g/mol. The van der Waals surface area contributed by atoms with Gasteiger partial charge in [0.2, 0.25) is 0 Å². The molecule has 0 aliphatic heterocycles. The molecule has 0 heterocycles. The van der Waals surface area contributed by atoms with Crippen LogP contribution in [0.5, 0.6) is 0 Å². The Morgan fingerprint density at radius 3 is 1.94 bits per heavy atom. The lowest BCUT2D eigenvalue weighted by Gasteiger charge is -2.17. The van der Waals surface area contributed by atoms with E-state index in [9.17, 15) is 0 Å². The predicted molar refractivity (Wildman–Crippen MR) is 163 cm³/mol. The fourth-order valence-electron chi connectivity index (χ4n) is 4.30. The highest BCUT2D eigenvalue weighted by Crippen LogP contribution is 2.25. The van der Waals surface area contributed by atoms with Crippen LogP contribution in [0.4, 0.5) is 0 Å². The maximum absolute atomic E-state index is 3.66. The third-order valence-electron chi connectivity index (χ3n) is 6.72. The predicted octanol–water partition coefficient (Wildman–Crippen LogP) is 10.0. The highest BCUT2D eigenvalue weighted by molar-refractivity contribution is 5.36. The van der Waals surface area contributed by atoms with Crippen LogP contribution >= 0.6 is 0 Å². The lowest BCUT2D eigenvalue weighted by molar-refractivity contribution is 0.314. The molecule has 2 heteroatoms. The highest BCUT2D eigenvalue weighted by atomic mass is 15.1. The Kier molecular flexibility index (Phi) is 29.2. The molecule has 35 heavy (non-hydrogen) atoms. The van der Waals surface area contributed by atoms with E-state index in [0.717, 1.165) is 6.54 Å². The smallest absolute Gasteiger partial charge is 0.0141 e. The second-order valence-electron chi connectivity index (χ2n) is 9.86. The minimum absolute atomic E-state index is 0.705. The molecule has 0 saturated heterocycles. The third-order valence-corrected chi connectivity index (χ3v) is 6.72. The van der Waals surface area contributed by atoms with E-state index in [1.54, 1.807) is 6.20 Å². The number of rotatable bonds is 19. The molecule has 0 aromatic carbocycles. The normalized spacial score (nSPS) is 15.0. The molecule has 1 rings (SSSR count). The topological polar surface area (TPSA) is 15.3 Å². The van der Waals surface area contributed by atoms with Crippen LogP contribution in [0.1, 0.15) is 118 Å². The van der Waals surface area contributed by atoms with E-state index in [0.29, 0.717) is 5.92 Å². The van der Waals surface area contributed by atoms with Gasteiger partial charge in [-0.15, -0.1) is 13.2 Å². The molecular weight excluding hydrogens is 424 g/mol. The molecule has 0 spiro atoms. The average Bonchev–Trinajstić information content (AvgIpc) is 2.88. The van der Waals surface area contributed by atoms with Crippen LogP contribution < -0.4 is 5.32 Å². The Morgan fingerprint density at radius 1 is 0.943 bits per heavy atom. The Hall–Kier alpha value is -1.54. The summed E-state index contributed by atoms with van der Waals surface area (Å²) < 4.78 is 0. The highest BCUT2D eigenvalue weighted by Gasteiger charge is 2.09. The van der Waals surface area contributed by atoms with Gasteiger partial charge >= 0.3 is 0 Å². The van der Waals surface area contributed by atoms with Crippen molar-refractivity contribution in [3.05, 3.63) is 61.4 Å². The van der Waals surface area contributed by atoms with Crippen molar-refractivity contribution in [2.45, 2.75) is 118 Å². The van der Waals surface area contributed by atoms with Crippen LogP contribution in [-0.2, 0) is 0 Å². The first-order valence-corrected chi connectivity index (χ1v) is 14.6. The van der Waals surface area contributed by atoms with Gasteiger partial charge < -0.3 is 10.2 Å². The summed E-state index contributed by atoms with van der Waals surface area (Å²) in [6.07, 6.45) is 29.9. The second-order valence-corrected chi connectivity index (χ2v) is 9.86. The quantitative estimate of drug-likeness (QED) is 0.144. The fourth-order valence-corrected chi connectivity index (χ4v) is 4.30. The number of nitrogens with zero attached hydrogens (tertiary/aromatic N) is 1. The summed E-state index contributed by atoms with van der Waals surface area (Å²) in [5.41, 5.74) is 2.91. The minimum atomic E-state index is 0.705. The Morgan fingerprint density at radius 2 is 1.46 bits per heavy atom. The van der Waals surface area contributed by atoms with Crippen molar-refractivity contribution in [3.8, 4) is 0 Å². The van der Waals surface area contributed by atoms with E-state index < -0.39 is 0 Å². The summed E-state index contributed by atoms with van der Waals surface area (Å²) >= 11 is 0. The van der Waals surface area contributed by atoms with Gasteiger partial charge in [0.05, 0.1) is 0 Å². The van der Waals surface area contributed by atoms with Crippen molar-refractivity contribution < 1.29 is 0 Å². The first-order chi connectivity index (χ1) is 17.1. The van der Waals surface area contributed by atoms with Crippen LogP contribution in [-0.4, -0.2) is 31.6 Å². The standard InChI is InChI=1S/C20H42N2.C11H16.C2H4/c1-4-6-7-8-10-13-16-19-22(3)20-17-14-11-9-12-15-18-21-5-2;1-4-9(2)11-8-6-5-7-10(11)3;1-2/h5,21H,2,4,6-20H2,1,3H3;4-6,8,10H,7H2,1-3H3;1-2H2/b;9-4-;. The van der Waals surface area contributed by atoms with E-state index in [4.69, 9.17) is 0 Å². The van der Waals surface area contributed by atoms with Crippen LogP contribution in [0.15, 0.2) is 61.4 Å². The SMILES string of the molecule is C/C=C(/C)C1=CC=CCC1C.C=C.C=CNCCCCCCCCN(C)CCCCCCCCC. The Labute approximate surface area is 221 Å². The molecule has 1 aliphatic rings. The second kappa shape index (κ2) is 28.7. The lowest BCUT2D eigenvalue weighted by Crippen LogP contribution is -2.20. The molecule has 0 amide bonds. The van der Waals surface area contributed by atoms with Gasteiger partial charge in [-0.05, 0) is 77.4 Å². The minimum Gasteiger partial charge on any atom is -0.391 e. The van der Waals surface area contributed by atoms with Gasteiger partial charge in [0.1, 0.15) is 0 Å². The van der Waals surface area contributed by atoms with Crippen molar-refractivity contribution in [2.75, 3.05) is 26.7 Å². The summed E-state index contributed by atoms with van der Waals surface area (Å²) in [4.78, 5) is 2.53. The van der Waals surface area contributed by atoms with Gasteiger partial charge in [-0.25, -0.2) is 0 Å². The fraction of sp³-hybridized carbons (Fsp3) is 0.697. The Balaban J connectivity index is 0. The molecule has 1 atom stereocenters. The molecule has 0 radical (unpaired) electrons. The van der Waals surface area contributed by atoms with Gasteiger partial charge in [-0.2, -0.15) is 0 Å². The zero-order valence-corrected chi connectivity index (χ0v) is 24.6. The van der Waals surface area contributed by atoms with Gasteiger partial charge in [0, 0.05) is 6.54 Å². The van der Waals surface area contributed by atoms with Crippen molar-refractivity contribution in [1.29, 1.82) is 0 Å². The number of allylic oxidation sites excluding steroid dienone is 6. The molecule has 1 aliphatic carbocycles. The van der Waals surface area contributed by atoms with Gasteiger partial charge in [-0.1, -0.05) is 115 Å². The van der Waals surface area contributed by atoms with Gasteiger partial charge in [-0.3, -0.25) is 0 Å². The lowest BCUT2D eigenvalue weighted by atomic mass is 9.88. The summed E-state index contributed by atoms with van der Waals surface area (Å²) in [6, 6.07) is 0. The van der Waals surface area contributed by atoms with Crippen molar-refractivity contribution in [2.24, 2.45) is 5.92 Å². The molecule has 0 saturated carbocycles. The van der Waals surface area contributed by atoms with E-state index in [1.165, 1.54) is 114 Å². The van der Waals surface area contributed by atoms with Crippen LogP contribution in [0.25, 0.3) is 0 Å². The number of nitrogens with one attached hydrogen (secondary N) is 1. The third kappa shape index (κ3) is 24.0. The molecule has 2 nitrogen and oxygen atoms in total. The number of hydrogen-bond acceptors (Lipinski definition) is 2. The first kappa shape index (κ1) is 35.6. The van der Waals surface area contributed by atoms with E-state index in [1.807, 2.05) is 0 Å². The maximum Gasteiger partial charge on any atom is 0.0141 e. The van der Waals surface area contributed by atoms with E-state index in [2.05, 4.69) is 89.0 Å². The average molecular weight is 487 g/mol. The zero-order chi connectivity index (χ0) is 26.6. The molecule has 0 aromatic heterocycles. The maximum atomic E-state index is 3.66. The molecule has 204 valence electrons. The van der Waals surface area contributed by atoms with Crippen LogP contribution in [0.3, 0.4) is 0 Å². The summed E-state index contributed by atoms with van der Waals surface area (Å²) in [5.74, 6) is 0.705. The molecule has 0 fully saturated rings. The van der Waals surface area contributed by atoms with Crippen molar-refractivity contribution >= 4 is 0 Å². The van der Waals surface area contributed by atoms with Gasteiger partial charge in [0.15, 0.2) is 0 Å². The van der Waals surface area contributed by atoms with Crippen molar-refractivity contribution in [3.63, 3.8) is 0 Å². The number of hydrogen-bond donors (Lipinski definition) is 1. The Bertz CT molecular complexity index is 543. The van der Waals surface area contributed by atoms with Crippen molar-refractivity contribution in [1.82, 2.24) is 10.2 Å². The van der Waals surface area contributed by atoms with E-state index >= 15 is 0 Å². The molecular formula is C33H62N2. The van der Waals surface area contributed by atoms with Crippen LogP contribution in [0, 0.1) is 5.92 Å². The summed E-state index contributed by atoms with van der Waals surface area (Å²) in [5, 5.41) is 3.16. The molecule has 1 N–H and O–H groups in total. The number of unbranched alkanes of at least 4 members (excludes halogenated alkanes) is 11. The van der Waals surface area contributed by atoms with Crippen LogP contribution in [0.2, 0.25) is 0 Å². The zero-order valence-electron chi connectivity index (χ0n) is 24.6. The molecule has 0 bridgehead atoms. The summed E-state index contributed by atoms with van der Waals surface area (Å²) in [6.45, 7) is 22.2. The summed E-state index contributed by atoms with van der Waals surface area (Å²) in [7, 11) is 2.29. The van der Waals surface area contributed by atoms with E-state index in [-0.39, 0.29) is 0 Å². The van der Waals surface area contributed by atoms with Gasteiger partial charge in [0.25, 0.3) is 0 Å². The molecule has 1 unspecified atom stereocenters. The molecule has 0 aromatic rings. The first-order valence-electron chi connectivity index (χ1n) is 14.6. The largest absolute Gasteiger partial charge is 0.391 e.